The van der Waals surface area contributed by atoms with Crippen molar-refractivity contribution in [2.45, 2.75) is 31.7 Å². The molecule has 0 atom stereocenters. The predicted molar refractivity (Wildman–Crippen MR) is 56.7 cm³/mol. The van der Waals surface area contributed by atoms with Gasteiger partial charge in [0.05, 0.1) is 12.1 Å². The van der Waals surface area contributed by atoms with Crippen LogP contribution < -0.4 is 23.2 Å². The first kappa shape index (κ1) is 12.5. The zero-order chi connectivity index (χ0) is 12.3. The highest BCUT2D eigenvalue weighted by Gasteiger charge is 2.30. The molecular weight excluding hydrogens is 212 g/mol. The number of amides is 4. The fraction of sp³-hybridized carbons (Fsp3) is 0.625. The Morgan fingerprint density at radius 2 is 1.56 bits per heavy atom. The van der Waals surface area contributed by atoms with Crippen LogP contribution in [-0.4, -0.2) is 28.1 Å². The SMILES string of the molecule is NC(=O)N(N)[C]1CCC(N(N)C(N)=O)CC1. The average molecular weight is 229 g/mol. The summed E-state index contributed by atoms with van der Waals surface area (Å²) in [5.74, 6) is 10.9. The maximum absolute atomic E-state index is 10.8. The Morgan fingerprint density at radius 3 is 1.94 bits per heavy atom. The van der Waals surface area contributed by atoms with Crippen molar-refractivity contribution in [3.05, 3.63) is 6.04 Å². The molecule has 0 aromatic rings. The van der Waals surface area contributed by atoms with Crippen LogP contribution in [-0.2, 0) is 0 Å². The summed E-state index contributed by atoms with van der Waals surface area (Å²) in [4.78, 5) is 21.6. The van der Waals surface area contributed by atoms with E-state index in [1.807, 2.05) is 0 Å². The number of hydrogen-bond acceptors (Lipinski definition) is 4. The summed E-state index contributed by atoms with van der Waals surface area (Å²) in [6.07, 6.45) is 2.39. The molecule has 0 bridgehead atoms. The van der Waals surface area contributed by atoms with Crippen LogP contribution in [0.15, 0.2) is 0 Å². The molecule has 8 N–H and O–H groups in total. The smallest absolute Gasteiger partial charge is 0.329 e. The van der Waals surface area contributed by atoms with Crippen molar-refractivity contribution in [3.8, 4) is 0 Å². The number of primary amides is 2. The first-order chi connectivity index (χ1) is 7.43. The molecule has 0 aromatic carbocycles. The van der Waals surface area contributed by atoms with E-state index in [1.165, 1.54) is 0 Å². The molecule has 1 aliphatic rings. The summed E-state index contributed by atoms with van der Waals surface area (Å²) in [5.41, 5.74) is 10.1. The lowest BCUT2D eigenvalue weighted by Gasteiger charge is -2.35. The first-order valence-electron chi connectivity index (χ1n) is 4.95. The monoisotopic (exact) mass is 229 g/mol. The molecule has 0 saturated heterocycles. The average Bonchev–Trinajstić information content (AvgIpc) is 2.27. The highest BCUT2D eigenvalue weighted by Crippen LogP contribution is 2.29. The molecule has 1 fully saturated rings. The third-order valence-electron chi connectivity index (χ3n) is 2.76. The van der Waals surface area contributed by atoms with E-state index < -0.39 is 12.1 Å². The minimum atomic E-state index is -0.687. The molecule has 1 radical (unpaired) electrons. The maximum Gasteiger partial charge on any atom is 0.329 e. The van der Waals surface area contributed by atoms with Crippen molar-refractivity contribution in [1.82, 2.24) is 10.0 Å². The van der Waals surface area contributed by atoms with Crippen molar-refractivity contribution < 1.29 is 9.59 Å². The van der Waals surface area contributed by atoms with Gasteiger partial charge in [-0.3, -0.25) is 10.0 Å². The topological polar surface area (TPSA) is 145 Å². The second-order valence-corrected chi connectivity index (χ2v) is 3.75. The molecule has 4 amide bonds. The lowest BCUT2D eigenvalue weighted by molar-refractivity contribution is 0.152. The van der Waals surface area contributed by atoms with Crippen molar-refractivity contribution >= 4 is 12.1 Å². The van der Waals surface area contributed by atoms with Crippen molar-refractivity contribution in [2.75, 3.05) is 0 Å². The van der Waals surface area contributed by atoms with E-state index in [-0.39, 0.29) is 6.04 Å². The van der Waals surface area contributed by atoms with Gasteiger partial charge >= 0.3 is 12.1 Å². The Morgan fingerprint density at radius 1 is 1.06 bits per heavy atom. The standard InChI is InChI=1S/C8H17N6O2/c9-7(15)13(11)5-1-2-6(4-3-5)14(12)8(10)16/h5H,1-4,11-12H2,(H2,9,15)(H2,10,16). The van der Waals surface area contributed by atoms with Gasteiger partial charge in [-0.15, -0.1) is 0 Å². The molecule has 16 heavy (non-hydrogen) atoms. The van der Waals surface area contributed by atoms with E-state index in [1.54, 1.807) is 0 Å². The molecule has 8 heteroatoms. The van der Waals surface area contributed by atoms with Gasteiger partial charge in [0, 0.05) is 0 Å². The number of hydrogen-bond donors (Lipinski definition) is 4. The molecule has 0 aromatic heterocycles. The number of rotatable bonds is 2. The van der Waals surface area contributed by atoms with Gasteiger partial charge < -0.3 is 11.5 Å². The number of carbonyl (C=O) groups excluding carboxylic acids is 2. The Kier molecular flexibility index (Phi) is 3.91. The summed E-state index contributed by atoms with van der Waals surface area (Å²) < 4.78 is 0. The first-order valence-corrected chi connectivity index (χ1v) is 4.95. The van der Waals surface area contributed by atoms with Crippen LogP contribution in [0.1, 0.15) is 25.7 Å². The van der Waals surface area contributed by atoms with Gasteiger partial charge in [-0.2, -0.15) is 0 Å². The van der Waals surface area contributed by atoms with Gasteiger partial charge in [0.25, 0.3) is 0 Å². The maximum atomic E-state index is 10.8. The molecule has 8 nitrogen and oxygen atoms in total. The van der Waals surface area contributed by atoms with Crippen LogP contribution in [0.25, 0.3) is 0 Å². The lowest BCUT2D eigenvalue weighted by Crippen LogP contribution is -2.52. The molecule has 0 spiro atoms. The summed E-state index contributed by atoms with van der Waals surface area (Å²) in [7, 11) is 0. The minimum absolute atomic E-state index is 0.109. The van der Waals surface area contributed by atoms with Crippen LogP contribution >= 0.6 is 0 Å². The van der Waals surface area contributed by atoms with E-state index in [9.17, 15) is 9.59 Å². The van der Waals surface area contributed by atoms with Crippen LogP contribution in [0.5, 0.6) is 0 Å². The summed E-state index contributed by atoms with van der Waals surface area (Å²) in [5, 5.41) is 1.96. The van der Waals surface area contributed by atoms with Crippen LogP contribution in [0.4, 0.5) is 9.59 Å². The number of urea groups is 2. The molecule has 0 aliphatic heterocycles. The fourth-order valence-electron chi connectivity index (χ4n) is 1.79. The quantitative estimate of drug-likeness (QED) is 0.272. The second-order valence-electron chi connectivity index (χ2n) is 3.75. The molecule has 0 unspecified atom stereocenters. The summed E-state index contributed by atoms with van der Waals surface area (Å²) in [6, 6.07) is -0.704. The van der Waals surface area contributed by atoms with Crippen LogP contribution in [0.2, 0.25) is 0 Å². The largest absolute Gasteiger partial charge is 0.350 e. The van der Waals surface area contributed by atoms with Gasteiger partial charge in [-0.25, -0.2) is 21.3 Å². The van der Waals surface area contributed by atoms with Crippen molar-refractivity contribution in [3.63, 3.8) is 0 Å². The van der Waals surface area contributed by atoms with Crippen LogP contribution in [0.3, 0.4) is 0 Å². The van der Waals surface area contributed by atoms with Gasteiger partial charge in [-0.05, 0) is 25.7 Å². The summed E-state index contributed by atoms with van der Waals surface area (Å²) in [6.45, 7) is 0. The number of hydrazine groups is 2. The Labute approximate surface area is 93.4 Å². The van der Waals surface area contributed by atoms with Gasteiger partial charge in [0.15, 0.2) is 0 Å². The molecule has 0 heterocycles. The van der Waals surface area contributed by atoms with Gasteiger partial charge in [0.1, 0.15) is 0 Å². The van der Waals surface area contributed by atoms with E-state index in [2.05, 4.69) is 0 Å². The number of carbonyl (C=O) groups is 2. The van der Waals surface area contributed by atoms with E-state index in [4.69, 9.17) is 23.2 Å². The zero-order valence-corrected chi connectivity index (χ0v) is 8.93. The molecule has 91 valence electrons. The third-order valence-corrected chi connectivity index (χ3v) is 2.76. The van der Waals surface area contributed by atoms with E-state index >= 15 is 0 Å². The van der Waals surface area contributed by atoms with Crippen molar-refractivity contribution in [1.29, 1.82) is 0 Å². The number of nitrogens with two attached hydrogens (primary N) is 4. The molecule has 1 rings (SSSR count). The molecule has 1 saturated carbocycles. The Balaban J connectivity index is 2.45. The third kappa shape index (κ3) is 2.74. The van der Waals surface area contributed by atoms with Crippen LogP contribution in [0, 0.1) is 6.04 Å². The van der Waals surface area contributed by atoms with Gasteiger partial charge in [0.2, 0.25) is 0 Å². The molecular formula is C8H17N6O2. The fourth-order valence-corrected chi connectivity index (χ4v) is 1.79. The highest BCUT2D eigenvalue weighted by molar-refractivity contribution is 5.73. The van der Waals surface area contributed by atoms with E-state index in [0.717, 1.165) is 16.1 Å². The van der Waals surface area contributed by atoms with E-state index in [0.29, 0.717) is 25.7 Å². The number of nitrogens with zero attached hydrogens (tertiary/aromatic N) is 2. The highest BCUT2D eigenvalue weighted by atomic mass is 16.2. The lowest BCUT2D eigenvalue weighted by atomic mass is 9.90. The minimum Gasteiger partial charge on any atom is -0.350 e. The van der Waals surface area contributed by atoms with Gasteiger partial charge in [-0.1, -0.05) is 0 Å². The second kappa shape index (κ2) is 4.99. The van der Waals surface area contributed by atoms with Crippen molar-refractivity contribution in [2.24, 2.45) is 23.2 Å². The normalized spacial score (nSPS) is 18.1. The zero-order valence-electron chi connectivity index (χ0n) is 8.93. The Hall–Kier alpha value is -1.54. The molecule has 1 aliphatic carbocycles. The summed E-state index contributed by atoms with van der Waals surface area (Å²) >= 11 is 0. The predicted octanol–water partition coefficient (Wildman–Crippen LogP) is -1.03. The Bertz CT molecular complexity index is 248.